The predicted octanol–water partition coefficient (Wildman–Crippen LogP) is 3.67. The zero-order valence-corrected chi connectivity index (χ0v) is 13.0. The molecule has 1 N–H and O–H groups in total. The Kier molecular flexibility index (Phi) is 4.19. The first-order valence-electron chi connectivity index (χ1n) is 7.42. The van der Waals surface area contributed by atoms with E-state index in [1.807, 2.05) is 50.2 Å². The summed E-state index contributed by atoms with van der Waals surface area (Å²) >= 11 is 0. The van der Waals surface area contributed by atoms with Gasteiger partial charge in [-0.05, 0) is 50.2 Å². The molecule has 0 saturated carbocycles. The average Bonchev–Trinajstić information content (AvgIpc) is 2.55. The zero-order valence-electron chi connectivity index (χ0n) is 13.0. The fourth-order valence-electron chi connectivity index (χ4n) is 2.18. The summed E-state index contributed by atoms with van der Waals surface area (Å²) in [4.78, 5) is 12.3. The number of carbonyl (C=O) groups is 1. The number of hydrogen-bond acceptors (Lipinski definition) is 4. The first-order chi connectivity index (χ1) is 11.1. The van der Waals surface area contributed by atoms with Crippen LogP contribution in [0.15, 0.2) is 54.6 Å². The van der Waals surface area contributed by atoms with E-state index in [9.17, 15) is 4.79 Å². The standard InChI is InChI=1S/C18H17N3O2/c1-12(2)23-15-9-7-14(8-10-15)19-18(22)17-11-13-5-3-4-6-16(13)20-21-17/h3-12H,1-2H3,(H,19,22). The lowest BCUT2D eigenvalue weighted by molar-refractivity contribution is 0.102. The number of hydrogen-bond donors (Lipinski definition) is 1. The van der Waals surface area contributed by atoms with Gasteiger partial charge in [0, 0.05) is 11.1 Å². The average molecular weight is 307 g/mol. The third-order valence-electron chi connectivity index (χ3n) is 3.21. The Morgan fingerprint density at radius 3 is 2.52 bits per heavy atom. The number of amides is 1. The molecule has 1 heterocycles. The highest BCUT2D eigenvalue weighted by Crippen LogP contribution is 2.18. The summed E-state index contributed by atoms with van der Waals surface area (Å²) in [7, 11) is 0. The van der Waals surface area contributed by atoms with Crippen LogP contribution in [0.3, 0.4) is 0 Å². The minimum Gasteiger partial charge on any atom is -0.491 e. The molecule has 2 aromatic carbocycles. The molecule has 5 heteroatoms. The number of rotatable bonds is 4. The Balaban J connectivity index is 1.74. The molecule has 0 atom stereocenters. The Hall–Kier alpha value is -2.95. The number of fused-ring (bicyclic) bond motifs is 1. The lowest BCUT2D eigenvalue weighted by Crippen LogP contribution is -2.14. The lowest BCUT2D eigenvalue weighted by atomic mass is 10.2. The Morgan fingerprint density at radius 2 is 1.78 bits per heavy atom. The molecule has 0 spiro atoms. The Labute approximate surface area is 134 Å². The molecule has 3 rings (SSSR count). The predicted molar refractivity (Wildman–Crippen MR) is 89.7 cm³/mol. The maximum atomic E-state index is 12.3. The summed E-state index contributed by atoms with van der Waals surface area (Å²) in [5.74, 6) is 0.476. The van der Waals surface area contributed by atoms with Crippen molar-refractivity contribution < 1.29 is 9.53 Å². The monoisotopic (exact) mass is 307 g/mol. The minimum atomic E-state index is -0.291. The van der Waals surface area contributed by atoms with E-state index in [2.05, 4.69) is 15.5 Å². The van der Waals surface area contributed by atoms with E-state index in [1.165, 1.54) is 0 Å². The highest BCUT2D eigenvalue weighted by Gasteiger charge is 2.10. The number of ether oxygens (including phenoxy) is 1. The van der Waals surface area contributed by atoms with Gasteiger partial charge in [-0.25, -0.2) is 0 Å². The molecule has 1 amide bonds. The number of carbonyl (C=O) groups excluding carboxylic acids is 1. The van der Waals surface area contributed by atoms with Crippen LogP contribution in [0.4, 0.5) is 5.69 Å². The van der Waals surface area contributed by atoms with Gasteiger partial charge in [-0.3, -0.25) is 4.79 Å². The van der Waals surface area contributed by atoms with E-state index in [0.29, 0.717) is 5.69 Å². The first kappa shape index (κ1) is 15.0. The van der Waals surface area contributed by atoms with Crippen LogP contribution in [0.25, 0.3) is 10.9 Å². The molecule has 0 unspecified atom stereocenters. The molecule has 23 heavy (non-hydrogen) atoms. The van der Waals surface area contributed by atoms with Gasteiger partial charge in [0.05, 0.1) is 11.6 Å². The molecule has 0 saturated heterocycles. The van der Waals surface area contributed by atoms with Gasteiger partial charge in [-0.2, -0.15) is 0 Å². The van der Waals surface area contributed by atoms with Crippen molar-refractivity contribution in [3.63, 3.8) is 0 Å². The van der Waals surface area contributed by atoms with Gasteiger partial charge in [0.2, 0.25) is 0 Å². The Morgan fingerprint density at radius 1 is 1.04 bits per heavy atom. The van der Waals surface area contributed by atoms with E-state index in [4.69, 9.17) is 4.74 Å². The van der Waals surface area contributed by atoms with E-state index in [1.54, 1.807) is 18.2 Å². The third kappa shape index (κ3) is 3.63. The van der Waals surface area contributed by atoms with Crippen molar-refractivity contribution in [2.24, 2.45) is 0 Å². The summed E-state index contributed by atoms with van der Waals surface area (Å²) in [6, 6.07) is 16.5. The van der Waals surface area contributed by atoms with Gasteiger partial charge in [0.15, 0.2) is 5.69 Å². The molecular formula is C18H17N3O2. The smallest absolute Gasteiger partial charge is 0.276 e. The maximum Gasteiger partial charge on any atom is 0.276 e. The van der Waals surface area contributed by atoms with Crippen LogP contribution in [-0.2, 0) is 0 Å². The zero-order chi connectivity index (χ0) is 16.2. The molecule has 1 aromatic heterocycles. The molecule has 0 radical (unpaired) electrons. The molecule has 5 nitrogen and oxygen atoms in total. The molecule has 0 aliphatic heterocycles. The van der Waals surface area contributed by atoms with Gasteiger partial charge in [0.25, 0.3) is 5.91 Å². The number of nitrogens with one attached hydrogen (secondary N) is 1. The SMILES string of the molecule is CC(C)Oc1ccc(NC(=O)c2cc3ccccc3nn2)cc1. The second kappa shape index (κ2) is 6.44. The topological polar surface area (TPSA) is 64.1 Å². The van der Waals surface area contributed by atoms with Crippen LogP contribution in [-0.4, -0.2) is 22.2 Å². The van der Waals surface area contributed by atoms with E-state index in [-0.39, 0.29) is 17.7 Å². The van der Waals surface area contributed by atoms with Crippen molar-refractivity contribution in [3.8, 4) is 5.75 Å². The van der Waals surface area contributed by atoms with Crippen molar-refractivity contribution in [1.29, 1.82) is 0 Å². The van der Waals surface area contributed by atoms with Crippen molar-refractivity contribution in [1.82, 2.24) is 10.2 Å². The molecule has 0 fully saturated rings. The van der Waals surface area contributed by atoms with E-state index >= 15 is 0 Å². The lowest BCUT2D eigenvalue weighted by Gasteiger charge is -2.10. The van der Waals surface area contributed by atoms with Gasteiger partial charge >= 0.3 is 0 Å². The molecular weight excluding hydrogens is 290 g/mol. The molecule has 0 bridgehead atoms. The molecule has 0 aliphatic rings. The maximum absolute atomic E-state index is 12.3. The summed E-state index contributed by atoms with van der Waals surface area (Å²) in [5, 5.41) is 11.7. The number of anilines is 1. The number of benzene rings is 2. The highest BCUT2D eigenvalue weighted by atomic mass is 16.5. The second-order valence-corrected chi connectivity index (χ2v) is 5.43. The van der Waals surface area contributed by atoms with Gasteiger partial charge in [0.1, 0.15) is 5.75 Å². The minimum absolute atomic E-state index is 0.114. The van der Waals surface area contributed by atoms with Crippen LogP contribution in [0.2, 0.25) is 0 Å². The molecule has 116 valence electrons. The fourth-order valence-corrected chi connectivity index (χ4v) is 2.18. The second-order valence-electron chi connectivity index (χ2n) is 5.43. The van der Waals surface area contributed by atoms with Crippen LogP contribution in [0.1, 0.15) is 24.3 Å². The summed E-state index contributed by atoms with van der Waals surface area (Å²) in [6.45, 7) is 3.93. The molecule has 3 aromatic rings. The van der Waals surface area contributed by atoms with Crippen molar-refractivity contribution in [2.45, 2.75) is 20.0 Å². The van der Waals surface area contributed by atoms with Crippen molar-refractivity contribution >= 4 is 22.5 Å². The van der Waals surface area contributed by atoms with Gasteiger partial charge in [-0.1, -0.05) is 18.2 Å². The van der Waals surface area contributed by atoms with Crippen molar-refractivity contribution in [2.75, 3.05) is 5.32 Å². The quantitative estimate of drug-likeness (QED) is 0.798. The van der Waals surface area contributed by atoms with Crippen LogP contribution in [0.5, 0.6) is 5.75 Å². The van der Waals surface area contributed by atoms with Crippen LogP contribution < -0.4 is 10.1 Å². The van der Waals surface area contributed by atoms with E-state index in [0.717, 1.165) is 16.7 Å². The number of aromatic nitrogens is 2. The van der Waals surface area contributed by atoms with Crippen LogP contribution >= 0.6 is 0 Å². The molecule has 0 aliphatic carbocycles. The largest absolute Gasteiger partial charge is 0.491 e. The highest BCUT2D eigenvalue weighted by molar-refractivity contribution is 6.04. The van der Waals surface area contributed by atoms with Crippen LogP contribution in [0, 0.1) is 0 Å². The fraction of sp³-hybridized carbons (Fsp3) is 0.167. The summed E-state index contributed by atoms with van der Waals surface area (Å²) in [6.07, 6.45) is 0.114. The first-order valence-corrected chi connectivity index (χ1v) is 7.42. The normalized spacial score (nSPS) is 10.7. The van der Waals surface area contributed by atoms with E-state index < -0.39 is 0 Å². The Bertz CT molecular complexity index is 829. The van der Waals surface area contributed by atoms with Crippen molar-refractivity contribution in [3.05, 3.63) is 60.3 Å². The van der Waals surface area contributed by atoms with Gasteiger partial charge in [-0.15, -0.1) is 10.2 Å². The summed E-state index contributed by atoms with van der Waals surface area (Å²) in [5.41, 5.74) is 1.73. The third-order valence-corrected chi connectivity index (χ3v) is 3.21. The van der Waals surface area contributed by atoms with Gasteiger partial charge < -0.3 is 10.1 Å². The summed E-state index contributed by atoms with van der Waals surface area (Å²) < 4.78 is 5.57. The number of nitrogens with zero attached hydrogens (tertiary/aromatic N) is 2.